The second-order valence-corrected chi connectivity index (χ2v) is 5.82. The zero-order chi connectivity index (χ0) is 19.1. The standard InChI is InChI=1S/C20H15ClN2O4/c21-18-11-6-14(12-22-18)20(25)26-13-19(24)23-15-7-9-17(10-8-15)27-16-4-2-1-3-5-16/h1-12H,13H2,(H,23,24). The Hall–Kier alpha value is -3.38. The number of nitrogens with zero attached hydrogens (tertiary/aromatic N) is 1. The van der Waals surface area contributed by atoms with Gasteiger partial charge in [0.15, 0.2) is 6.61 Å². The van der Waals surface area contributed by atoms with Crippen LogP contribution in [0.25, 0.3) is 0 Å². The van der Waals surface area contributed by atoms with Crippen LogP contribution in [-0.2, 0) is 9.53 Å². The molecule has 0 saturated heterocycles. The van der Waals surface area contributed by atoms with E-state index in [0.29, 0.717) is 11.4 Å². The maximum absolute atomic E-state index is 11.9. The number of hydrogen-bond acceptors (Lipinski definition) is 5. The van der Waals surface area contributed by atoms with Crippen molar-refractivity contribution in [3.05, 3.63) is 83.6 Å². The number of ether oxygens (including phenoxy) is 2. The van der Waals surface area contributed by atoms with Gasteiger partial charge in [0, 0.05) is 11.9 Å². The van der Waals surface area contributed by atoms with Gasteiger partial charge >= 0.3 is 5.97 Å². The van der Waals surface area contributed by atoms with Crippen molar-refractivity contribution in [3.63, 3.8) is 0 Å². The molecule has 0 radical (unpaired) electrons. The average Bonchev–Trinajstić information content (AvgIpc) is 2.69. The minimum atomic E-state index is -0.652. The highest BCUT2D eigenvalue weighted by molar-refractivity contribution is 6.29. The molecule has 7 heteroatoms. The van der Waals surface area contributed by atoms with Gasteiger partial charge in [-0.1, -0.05) is 29.8 Å². The van der Waals surface area contributed by atoms with Crippen LogP contribution in [0.3, 0.4) is 0 Å². The number of nitrogens with one attached hydrogen (secondary N) is 1. The monoisotopic (exact) mass is 382 g/mol. The second kappa shape index (κ2) is 8.82. The number of carbonyl (C=O) groups excluding carboxylic acids is 2. The fourth-order valence-corrected chi connectivity index (χ4v) is 2.25. The van der Waals surface area contributed by atoms with Gasteiger partial charge in [-0.05, 0) is 48.5 Å². The molecule has 0 aliphatic heterocycles. The summed E-state index contributed by atoms with van der Waals surface area (Å²) >= 11 is 5.65. The largest absolute Gasteiger partial charge is 0.457 e. The molecule has 3 rings (SSSR count). The molecule has 0 bridgehead atoms. The summed E-state index contributed by atoms with van der Waals surface area (Å²) in [5.74, 6) is 0.252. The fraction of sp³-hybridized carbons (Fsp3) is 0.0500. The number of pyridine rings is 1. The van der Waals surface area contributed by atoms with E-state index < -0.39 is 18.5 Å². The SMILES string of the molecule is O=C(COC(=O)c1ccc(Cl)nc1)Nc1ccc(Oc2ccccc2)cc1. The number of carbonyl (C=O) groups is 2. The maximum Gasteiger partial charge on any atom is 0.340 e. The van der Waals surface area contributed by atoms with Gasteiger partial charge in [0.25, 0.3) is 5.91 Å². The molecular weight excluding hydrogens is 368 g/mol. The van der Waals surface area contributed by atoms with Gasteiger partial charge in [0.1, 0.15) is 16.7 Å². The lowest BCUT2D eigenvalue weighted by molar-refractivity contribution is -0.119. The number of anilines is 1. The molecule has 3 aromatic rings. The normalized spacial score (nSPS) is 10.1. The Bertz CT molecular complexity index is 913. The van der Waals surface area contributed by atoms with E-state index in [1.165, 1.54) is 18.3 Å². The Kier molecular flexibility index (Phi) is 6.02. The van der Waals surface area contributed by atoms with Crippen molar-refractivity contribution in [2.75, 3.05) is 11.9 Å². The molecule has 1 aromatic heterocycles. The van der Waals surface area contributed by atoms with E-state index in [-0.39, 0.29) is 10.7 Å². The van der Waals surface area contributed by atoms with Crippen LogP contribution in [-0.4, -0.2) is 23.5 Å². The van der Waals surface area contributed by atoms with Crippen LogP contribution in [0, 0.1) is 0 Å². The van der Waals surface area contributed by atoms with Crippen molar-refractivity contribution in [1.29, 1.82) is 0 Å². The number of esters is 1. The van der Waals surface area contributed by atoms with E-state index in [1.54, 1.807) is 24.3 Å². The van der Waals surface area contributed by atoms with E-state index in [2.05, 4.69) is 10.3 Å². The van der Waals surface area contributed by atoms with Crippen molar-refractivity contribution >= 4 is 29.2 Å². The summed E-state index contributed by atoms with van der Waals surface area (Å²) < 4.78 is 10.6. The highest BCUT2D eigenvalue weighted by Crippen LogP contribution is 2.22. The fourth-order valence-electron chi connectivity index (χ4n) is 2.14. The minimum Gasteiger partial charge on any atom is -0.457 e. The van der Waals surface area contributed by atoms with E-state index in [1.807, 2.05) is 30.3 Å². The first-order valence-electron chi connectivity index (χ1n) is 8.02. The number of halogens is 1. The Morgan fingerprint density at radius 3 is 2.30 bits per heavy atom. The van der Waals surface area contributed by atoms with E-state index >= 15 is 0 Å². The summed E-state index contributed by atoms with van der Waals surface area (Å²) in [5, 5.41) is 2.91. The van der Waals surface area contributed by atoms with Gasteiger partial charge in [-0.25, -0.2) is 9.78 Å². The lowest BCUT2D eigenvalue weighted by Crippen LogP contribution is -2.20. The predicted molar refractivity (Wildman–Crippen MR) is 101 cm³/mol. The molecule has 0 spiro atoms. The zero-order valence-corrected chi connectivity index (χ0v) is 14.8. The van der Waals surface area contributed by atoms with Gasteiger partial charge in [-0.15, -0.1) is 0 Å². The first-order chi connectivity index (χ1) is 13.1. The van der Waals surface area contributed by atoms with Crippen LogP contribution in [0.1, 0.15) is 10.4 Å². The number of aromatic nitrogens is 1. The highest BCUT2D eigenvalue weighted by Gasteiger charge is 2.11. The molecule has 0 unspecified atom stereocenters. The first kappa shape index (κ1) is 18.4. The molecule has 0 saturated carbocycles. The van der Waals surface area contributed by atoms with Gasteiger partial charge < -0.3 is 14.8 Å². The van der Waals surface area contributed by atoms with Crippen molar-refractivity contribution < 1.29 is 19.1 Å². The summed E-state index contributed by atoms with van der Waals surface area (Å²) in [5.41, 5.74) is 0.777. The molecule has 27 heavy (non-hydrogen) atoms. The predicted octanol–water partition coefficient (Wildman–Crippen LogP) is 4.32. The summed E-state index contributed by atoms with van der Waals surface area (Å²) in [6.45, 7) is -0.413. The summed E-state index contributed by atoms with van der Waals surface area (Å²) in [4.78, 5) is 27.5. The Morgan fingerprint density at radius 1 is 0.926 bits per heavy atom. The topological polar surface area (TPSA) is 77.5 Å². The molecule has 1 N–H and O–H groups in total. The molecule has 0 aliphatic carbocycles. The van der Waals surface area contributed by atoms with Crippen LogP contribution >= 0.6 is 11.6 Å². The summed E-state index contributed by atoms with van der Waals surface area (Å²) in [6.07, 6.45) is 1.29. The maximum atomic E-state index is 11.9. The van der Waals surface area contributed by atoms with Gasteiger partial charge in [-0.2, -0.15) is 0 Å². The Labute approximate surface area is 160 Å². The van der Waals surface area contributed by atoms with Crippen molar-refractivity contribution in [3.8, 4) is 11.5 Å². The van der Waals surface area contributed by atoms with Crippen LogP contribution in [0.2, 0.25) is 5.15 Å². The third-order valence-corrected chi connectivity index (χ3v) is 3.64. The number of hydrogen-bond donors (Lipinski definition) is 1. The minimum absolute atomic E-state index is 0.217. The van der Waals surface area contributed by atoms with Gasteiger partial charge in [0.05, 0.1) is 5.56 Å². The molecule has 1 amide bonds. The molecule has 136 valence electrons. The lowest BCUT2D eigenvalue weighted by atomic mass is 10.3. The Morgan fingerprint density at radius 2 is 1.63 bits per heavy atom. The Balaban J connectivity index is 1.49. The summed E-state index contributed by atoms with van der Waals surface area (Å²) in [7, 11) is 0. The number of amides is 1. The number of rotatable bonds is 6. The van der Waals surface area contributed by atoms with Crippen molar-refractivity contribution in [2.45, 2.75) is 0 Å². The molecule has 1 heterocycles. The van der Waals surface area contributed by atoms with E-state index in [0.717, 1.165) is 5.75 Å². The molecule has 2 aromatic carbocycles. The molecule has 0 aliphatic rings. The lowest BCUT2D eigenvalue weighted by Gasteiger charge is -2.08. The third-order valence-electron chi connectivity index (χ3n) is 3.41. The number of benzene rings is 2. The van der Waals surface area contributed by atoms with Crippen LogP contribution in [0.4, 0.5) is 5.69 Å². The van der Waals surface area contributed by atoms with Crippen LogP contribution in [0.15, 0.2) is 72.9 Å². The zero-order valence-electron chi connectivity index (χ0n) is 14.1. The van der Waals surface area contributed by atoms with Crippen molar-refractivity contribution in [1.82, 2.24) is 4.98 Å². The average molecular weight is 383 g/mol. The highest BCUT2D eigenvalue weighted by atomic mass is 35.5. The first-order valence-corrected chi connectivity index (χ1v) is 8.39. The third kappa shape index (κ3) is 5.55. The smallest absolute Gasteiger partial charge is 0.340 e. The van der Waals surface area contributed by atoms with E-state index in [9.17, 15) is 9.59 Å². The number of para-hydroxylation sites is 1. The molecule has 0 atom stereocenters. The van der Waals surface area contributed by atoms with Gasteiger partial charge in [-0.3, -0.25) is 4.79 Å². The van der Waals surface area contributed by atoms with Crippen LogP contribution < -0.4 is 10.1 Å². The molecular formula is C20H15ClN2O4. The quantitative estimate of drug-likeness (QED) is 0.507. The van der Waals surface area contributed by atoms with E-state index in [4.69, 9.17) is 21.1 Å². The second-order valence-electron chi connectivity index (χ2n) is 5.43. The molecule has 6 nitrogen and oxygen atoms in total. The van der Waals surface area contributed by atoms with Crippen molar-refractivity contribution in [2.24, 2.45) is 0 Å². The van der Waals surface area contributed by atoms with Crippen LogP contribution in [0.5, 0.6) is 11.5 Å². The summed E-state index contributed by atoms with van der Waals surface area (Å²) in [6, 6.07) is 19.2. The molecule has 0 fully saturated rings. The van der Waals surface area contributed by atoms with Gasteiger partial charge in [0.2, 0.25) is 0 Å².